The quantitative estimate of drug-likeness (QED) is 0.709. The van der Waals surface area contributed by atoms with E-state index in [4.69, 9.17) is 0 Å². The van der Waals surface area contributed by atoms with Crippen LogP contribution in [0.25, 0.3) is 0 Å². The summed E-state index contributed by atoms with van der Waals surface area (Å²) < 4.78 is 1.74. The fourth-order valence-electron chi connectivity index (χ4n) is 1.62. The van der Waals surface area contributed by atoms with Crippen LogP contribution < -0.4 is 5.56 Å². The molecule has 0 saturated heterocycles. The van der Waals surface area contributed by atoms with E-state index in [1.807, 2.05) is 6.92 Å². The SMILES string of the molecule is Cc1cc(=O)n(C(C)C2CC2)[nH]1. The number of hydrogen-bond donors (Lipinski definition) is 1. The maximum atomic E-state index is 11.3. The standard InChI is InChI=1S/C9H14N2O/c1-6-5-9(12)11(10-6)7(2)8-3-4-8/h5,7-8,10H,3-4H2,1-2H3. The van der Waals surface area contributed by atoms with Gasteiger partial charge in [0.1, 0.15) is 0 Å². The van der Waals surface area contributed by atoms with E-state index in [2.05, 4.69) is 12.0 Å². The Morgan fingerprint density at radius 2 is 2.33 bits per heavy atom. The summed E-state index contributed by atoms with van der Waals surface area (Å²) in [6.45, 7) is 4.02. The summed E-state index contributed by atoms with van der Waals surface area (Å²) >= 11 is 0. The van der Waals surface area contributed by atoms with Gasteiger partial charge in [0.05, 0.1) is 6.04 Å². The second kappa shape index (κ2) is 2.51. The molecule has 0 amide bonds. The van der Waals surface area contributed by atoms with E-state index in [0.29, 0.717) is 6.04 Å². The zero-order valence-electron chi connectivity index (χ0n) is 7.50. The molecule has 3 heteroatoms. The van der Waals surface area contributed by atoms with Crippen LogP contribution in [0.15, 0.2) is 10.9 Å². The smallest absolute Gasteiger partial charge is 0.266 e. The normalized spacial score (nSPS) is 19.5. The van der Waals surface area contributed by atoms with Crippen molar-refractivity contribution in [3.63, 3.8) is 0 Å². The summed E-state index contributed by atoms with van der Waals surface area (Å²) in [5.74, 6) is 0.723. The summed E-state index contributed by atoms with van der Waals surface area (Å²) in [6.07, 6.45) is 2.54. The number of aromatic amines is 1. The Bertz CT molecular complexity index is 333. The highest BCUT2D eigenvalue weighted by atomic mass is 16.1. The van der Waals surface area contributed by atoms with Crippen LogP contribution in [0.3, 0.4) is 0 Å². The Morgan fingerprint density at radius 3 is 2.75 bits per heavy atom. The third kappa shape index (κ3) is 1.19. The maximum Gasteiger partial charge on any atom is 0.266 e. The Balaban J connectivity index is 2.31. The van der Waals surface area contributed by atoms with Crippen molar-refractivity contribution in [2.24, 2.45) is 5.92 Å². The van der Waals surface area contributed by atoms with Gasteiger partial charge in [-0.25, -0.2) is 4.68 Å². The predicted octanol–water partition coefficient (Wildman–Crippen LogP) is 1.46. The van der Waals surface area contributed by atoms with Crippen molar-refractivity contribution in [3.8, 4) is 0 Å². The van der Waals surface area contributed by atoms with E-state index in [9.17, 15) is 4.79 Å². The fraction of sp³-hybridized carbons (Fsp3) is 0.667. The van der Waals surface area contributed by atoms with E-state index in [1.165, 1.54) is 12.8 Å². The second-order valence-corrected chi connectivity index (χ2v) is 3.73. The first-order chi connectivity index (χ1) is 5.68. The molecule has 2 rings (SSSR count). The number of rotatable bonds is 2. The summed E-state index contributed by atoms with van der Waals surface area (Å²) in [5.41, 5.74) is 1.06. The lowest BCUT2D eigenvalue weighted by molar-refractivity contribution is 0.427. The minimum absolute atomic E-state index is 0.104. The molecule has 1 saturated carbocycles. The molecule has 1 unspecified atom stereocenters. The van der Waals surface area contributed by atoms with Crippen LogP contribution in [-0.2, 0) is 0 Å². The summed E-state index contributed by atoms with van der Waals surface area (Å²) in [5, 5.41) is 3.07. The molecule has 1 aliphatic rings. The molecule has 0 aliphatic heterocycles. The first-order valence-corrected chi connectivity index (χ1v) is 4.46. The van der Waals surface area contributed by atoms with Gasteiger partial charge in [-0.15, -0.1) is 0 Å². The summed E-state index contributed by atoms with van der Waals surface area (Å²) in [7, 11) is 0. The minimum atomic E-state index is 0.104. The molecule has 0 aromatic carbocycles. The monoisotopic (exact) mass is 166 g/mol. The molecule has 1 fully saturated rings. The van der Waals surface area contributed by atoms with Crippen molar-refractivity contribution in [1.82, 2.24) is 9.78 Å². The van der Waals surface area contributed by atoms with Crippen molar-refractivity contribution in [3.05, 3.63) is 22.1 Å². The molecule has 0 radical (unpaired) electrons. The van der Waals surface area contributed by atoms with Crippen molar-refractivity contribution >= 4 is 0 Å². The molecular formula is C9H14N2O. The maximum absolute atomic E-state index is 11.3. The summed E-state index contributed by atoms with van der Waals surface area (Å²) in [4.78, 5) is 11.3. The molecule has 12 heavy (non-hydrogen) atoms. The van der Waals surface area contributed by atoms with Crippen LogP contribution in [0, 0.1) is 12.8 Å². The van der Waals surface area contributed by atoms with Gasteiger partial charge in [-0.3, -0.25) is 9.89 Å². The molecule has 66 valence electrons. The largest absolute Gasteiger partial charge is 0.300 e. The van der Waals surface area contributed by atoms with Crippen LogP contribution in [-0.4, -0.2) is 9.78 Å². The van der Waals surface area contributed by atoms with E-state index < -0.39 is 0 Å². The molecular weight excluding hydrogens is 152 g/mol. The number of nitrogens with zero attached hydrogens (tertiary/aromatic N) is 1. The topological polar surface area (TPSA) is 37.8 Å². The average Bonchev–Trinajstić information content (AvgIpc) is 2.77. The number of H-pyrrole nitrogens is 1. The van der Waals surface area contributed by atoms with Gasteiger partial charge >= 0.3 is 0 Å². The van der Waals surface area contributed by atoms with Gasteiger partial charge < -0.3 is 0 Å². The zero-order valence-corrected chi connectivity index (χ0v) is 7.50. The van der Waals surface area contributed by atoms with Gasteiger partial charge in [-0.2, -0.15) is 0 Å². The highest BCUT2D eigenvalue weighted by Gasteiger charge is 2.30. The molecule has 1 aromatic rings. The number of hydrogen-bond acceptors (Lipinski definition) is 1. The van der Waals surface area contributed by atoms with Gasteiger partial charge in [-0.1, -0.05) is 0 Å². The van der Waals surface area contributed by atoms with Crippen molar-refractivity contribution in [1.29, 1.82) is 0 Å². The Hall–Kier alpha value is -0.990. The molecule has 1 aromatic heterocycles. The van der Waals surface area contributed by atoms with Crippen molar-refractivity contribution in [2.75, 3.05) is 0 Å². The Kier molecular flexibility index (Phi) is 1.60. The summed E-state index contributed by atoms with van der Waals surface area (Å²) in [6, 6.07) is 2.00. The lowest BCUT2D eigenvalue weighted by Gasteiger charge is -2.09. The van der Waals surface area contributed by atoms with Crippen LogP contribution in [0.4, 0.5) is 0 Å². The molecule has 1 N–H and O–H groups in total. The minimum Gasteiger partial charge on any atom is -0.300 e. The molecule has 3 nitrogen and oxygen atoms in total. The lowest BCUT2D eigenvalue weighted by Crippen LogP contribution is -2.21. The van der Waals surface area contributed by atoms with E-state index in [1.54, 1.807) is 10.7 Å². The first kappa shape index (κ1) is 7.65. The molecule has 1 atom stereocenters. The van der Waals surface area contributed by atoms with E-state index in [-0.39, 0.29) is 5.56 Å². The average molecular weight is 166 g/mol. The Labute approximate surface area is 71.4 Å². The van der Waals surface area contributed by atoms with Crippen molar-refractivity contribution < 1.29 is 0 Å². The molecule has 0 bridgehead atoms. The van der Waals surface area contributed by atoms with Gasteiger partial charge in [-0.05, 0) is 32.6 Å². The Morgan fingerprint density at radius 1 is 1.67 bits per heavy atom. The van der Waals surface area contributed by atoms with E-state index in [0.717, 1.165) is 11.6 Å². The van der Waals surface area contributed by atoms with Crippen molar-refractivity contribution in [2.45, 2.75) is 32.7 Å². The van der Waals surface area contributed by atoms with Gasteiger partial charge in [0, 0.05) is 11.8 Å². The van der Waals surface area contributed by atoms with Gasteiger partial charge in [0.15, 0.2) is 0 Å². The van der Waals surface area contributed by atoms with Crippen LogP contribution in [0.1, 0.15) is 31.5 Å². The lowest BCUT2D eigenvalue weighted by atomic mass is 10.2. The fourth-order valence-corrected chi connectivity index (χ4v) is 1.62. The predicted molar refractivity (Wildman–Crippen MR) is 47.2 cm³/mol. The molecule has 1 aliphatic carbocycles. The highest BCUT2D eigenvalue weighted by molar-refractivity contribution is 4.98. The first-order valence-electron chi connectivity index (χ1n) is 4.46. The third-order valence-corrected chi connectivity index (χ3v) is 2.59. The number of nitrogens with one attached hydrogen (secondary N) is 1. The van der Waals surface area contributed by atoms with Crippen LogP contribution in [0.2, 0.25) is 0 Å². The van der Waals surface area contributed by atoms with E-state index >= 15 is 0 Å². The van der Waals surface area contributed by atoms with Gasteiger partial charge in [0.25, 0.3) is 5.56 Å². The van der Waals surface area contributed by atoms with Crippen LogP contribution in [0.5, 0.6) is 0 Å². The number of aromatic nitrogens is 2. The van der Waals surface area contributed by atoms with Crippen LogP contribution >= 0.6 is 0 Å². The molecule has 0 spiro atoms. The second-order valence-electron chi connectivity index (χ2n) is 3.73. The zero-order chi connectivity index (χ0) is 8.72. The van der Waals surface area contributed by atoms with Gasteiger partial charge in [0.2, 0.25) is 0 Å². The highest BCUT2D eigenvalue weighted by Crippen LogP contribution is 2.38. The molecule has 1 heterocycles. The third-order valence-electron chi connectivity index (χ3n) is 2.59. The number of aryl methyl sites for hydroxylation is 1.